The second-order valence-corrected chi connectivity index (χ2v) is 7.36. The van der Waals surface area contributed by atoms with Crippen LogP contribution in [-0.4, -0.2) is 12.0 Å². The number of anilines is 1. The molecule has 1 amide bonds. The van der Waals surface area contributed by atoms with E-state index in [1.54, 1.807) is 6.92 Å². The van der Waals surface area contributed by atoms with Crippen LogP contribution in [-0.2, 0) is 4.79 Å². The largest absolute Gasteiger partial charge is 0.481 e. The van der Waals surface area contributed by atoms with Gasteiger partial charge in [-0.25, -0.2) is 0 Å². The van der Waals surface area contributed by atoms with Crippen molar-refractivity contribution in [1.29, 1.82) is 0 Å². The SMILES string of the molecule is Cc1ccc(C(C)C)c(OC(C)C(=O)Nc2ccccc2Oc2ccccc2)c1. The predicted octanol–water partition coefficient (Wildman–Crippen LogP) is 6.32. The number of ether oxygens (including phenoxy) is 2. The third kappa shape index (κ3) is 5.38. The smallest absolute Gasteiger partial charge is 0.265 e. The summed E-state index contributed by atoms with van der Waals surface area (Å²) in [5.41, 5.74) is 2.78. The zero-order valence-electron chi connectivity index (χ0n) is 17.3. The maximum absolute atomic E-state index is 12.8. The molecule has 3 aromatic rings. The van der Waals surface area contributed by atoms with Crippen LogP contribution in [0.2, 0.25) is 0 Å². The van der Waals surface area contributed by atoms with Gasteiger partial charge in [-0.05, 0) is 61.2 Å². The summed E-state index contributed by atoms with van der Waals surface area (Å²) in [7, 11) is 0. The first-order valence-corrected chi connectivity index (χ1v) is 9.84. The van der Waals surface area contributed by atoms with Gasteiger partial charge in [-0.15, -0.1) is 0 Å². The lowest BCUT2D eigenvalue weighted by atomic mass is 10.0. The van der Waals surface area contributed by atoms with Crippen molar-refractivity contribution in [3.05, 3.63) is 83.9 Å². The number of benzene rings is 3. The zero-order chi connectivity index (χ0) is 20.8. The molecule has 0 aliphatic rings. The number of para-hydroxylation sites is 3. The van der Waals surface area contributed by atoms with Gasteiger partial charge >= 0.3 is 0 Å². The maximum atomic E-state index is 12.8. The third-order valence-corrected chi connectivity index (χ3v) is 4.58. The maximum Gasteiger partial charge on any atom is 0.265 e. The summed E-state index contributed by atoms with van der Waals surface area (Å²) >= 11 is 0. The Labute approximate surface area is 172 Å². The molecule has 4 nitrogen and oxygen atoms in total. The number of amides is 1. The first kappa shape index (κ1) is 20.5. The Hall–Kier alpha value is -3.27. The van der Waals surface area contributed by atoms with Gasteiger partial charge in [0.25, 0.3) is 5.91 Å². The molecule has 0 aliphatic heterocycles. The molecule has 0 saturated heterocycles. The quantitative estimate of drug-likeness (QED) is 0.514. The standard InChI is InChI=1S/C25H27NO3/c1-17(2)21-15-14-18(3)16-24(21)28-19(4)25(27)26-22-12-8-9-13-23(22)29-20-10-6-5-7-11-20/h5-17,19H,1-4H3,(H,26,27). The van der Waals surface area contributed by atoms with E-state index in [-0.39, 0.29) is 5.91 Å². The summed E-state index contributed by atoms with van der Waals surface area (Å²) in [6.45, 7) is 7.99. The van der Waals surface area contributed by atoms with Crippen molar-refractivity contribution in [3.8, 4) is 17.2 Å². The number of carbonyl (C=O) groups is 1. The fourth-order valence-electron chi connectivity index (χ4n) is 2.97. The molecule has 0 saturated carbocycles. The Kier molecular flexibility index (Phi) is 6.55. The minimum atomic E-state index is -0.654. The fraction of sp³-hybridized carbons (Fsp3) is 0.240. The Morgan fingerprint density at radius 1 is 0.862 bits per heavy atom. The average molecular weight is 389 g/mol. The first-order valence-electron chi connectivity index (χ1n) is 9.84. The number of hydrogen-bond donors (Lipinski definition) is 1. The van der Waals surface area contributed by atoms with E-state index in [2.05, 4.69) is 31.3 Å². The summed E-state index contributed by atoms with van der Waals surface area (Å²) in [6, 6.07) is 22.9. The lowest BCUT2D eigenvalue weighted by Crippen LogP contribution is -2.30. The van der Waals surface area contributed by atoms with Crippen LogP contribution < -0.4 is 14.8 Å². The van der Waals surface area contributed by atoms with Crippen molar-refractivity contribution in [2.45, 2.75) is 39.7 Å². The molecule has 0 aliphatic carbocycles. The molecule has 0 radical (unpaired) electrons. The van der Waals surface area contributed by atoms with Crippen LogP contribution >= 0.6 is 0 Å². The summed E-state index contributed by atoms with van der Waals surface area (Å²) in [5, 5.41) is 2.93. The van der Waals surface area contributed by atoms with E-state index in [9.17, 15) is 4.79 Å². The van der Waals surface area contributed by atoms with E-state index in [1.165, 1.54) is 0 Å². The molecule has 4 heteroatoms. The zero-order valence-corrected chi connectivity index (χ0v) is 17.3. The van der Waals surface area contributed by atoms with E-state index >= 15 is 0 Å². The number of nitrogens with one attached hydrogen (secondary N) is 1. The van der Waals surface area contributed by atoms with Gasteiger partial charge in [0.1, 0.15) is 11.5 Å². The van der Waals surface area contributed by atoms with Crippen molar-refractivity contribution in [3.63, 3.8) is 0 Å². The van der Waals surface area contributed by atoms with Crippen LogP contribution in [0.1, 0.15) is 37.8 Å². The highest BCUT2D eigenvalue weighted by Gasteiger charge is 2.19. The van der Waals surface area contributed by atoms with Crippen LogP contribution in [0.15, 0.2) is 72.8 Å². The minimum Gasteiger partial charge on any atom is -0.481 e. The van der Waals surface area contributed by atoms with E-state index in [4.69, 9.17) is 9.47 Å². The molecule has 0 bridgehead atoms. The second-order valence-electron chi connectivity index (χ2n) is 7.36. The summed E-state index contributed by atoms with van der Waals surface area (Å²) < 4.78 is 11.9. The van der Waals surface area contributed by atoms with Crippen LogP contribution in [0.4, 0.5) is 5.69 Å². The average Bonchev–Trinajstić information content (AvgIpc) is 2.70. The van der Waals surface area contributed by atoms with Gasteiger partial charge in [-0.1, -0.05) is 56.3 Å². The van der Waals surface area contributed by atoms with Gasteiger partial charge in [-0.3, -0.25) is 4.79 Å². The highest BCUT2D eigenvalue weighted by Crippen LogP contribution is 2.31. The van der Waals surface area contributed by atoms with Gasteiger partial charge in [0.05, 0.1) is 5.69 Å². The minimum absolute atomic E-state index is 0.231. The summed E-state index contributed by atoms with van der Waals surface area (Å²) in [5.74, 6) is 2.11. The van der Waals surface area contributed by atoms with E-state index < -0.39 is 6.10 Å². The highest BCUT2D eigenvalue weighted by atomic mass is 16.5. The van der Waals surface area contributed by atoms with Crippen molar-refractivity contribution >= 4 is 11.6 Å². The molecule has 0 heterocycles. The number of carbonyl (C=O) groups excluding carboxylic acids is 1. The molecule has 3 aromatic carbocycles. The molecule has 1 unspecified atom stereocenters. The normalized spacial score (nSPS) is 11.8. The Balaban J connectivity index is 1.73. The van der Waals surface area contributed by atoms with Crippen molar-refractivity contribution in [2.75, 3.05) is 5.32 Å². The van der Waals surface area contributed by atoms with Crippen LogP contribution in [0.25, 0.3) is 0 Å². The van der Waals surface area contributed by atoms with Crippen molar-refractivity contribution < 1.29 is 14.3 Å². The molecule has 0 aromatic heterocycles. The molecule has 3 rings (SSSR count). The molecule has 150 valence electrons. The number of hydrogen-bond acceptors (Lipinski definition) is 3. The molecule has 0 spiro atoms. The third-order valence-electron chi connectivity index (χ3n) is 4.58. The van der Waals surface area contributed by atoms with Crippen LogP contribution in [0.5, 0.6) is 17.2 Å². The fourth-order valence-corrected chi connectivity index (χ4v) is 2.97. The second kappa shape index (κ2) is 9.28. The van der Waals surface area contributed by atoms with Gasteiger partial charge in [-0.2, -0.15) is 0 Å². The molecular formula is C25H27NO3. The van der Waals surface area contributed by atoms with Crippen molar-refractivity contribution in [1.82, 2.24) is 0 Å². The van der Waals surface area contributed by atoms with Crippen molar-refractivity contribution in [2.24, 2.45) is 0 Å². The van der Waals surface area contributed by atoms with Crippen LogP contribution in [0, 0.1) is 6.92 Å². The monoisotopic (exact) mass is 389 g/mol. The predicted molar refractivity (Wildman–Crippen MR) is 117 cm³/mol. The topological polar surface area (TPSA) is 47.6 Å². The van der Waals surface area contributed by atoms with Gasteiger partial charge in [0.2, 0.25) is 0 Å². The van der Waals surface area contributed by atoms with Crippen LogP contribution in [0.3, 0.4) is 0 Å². The number of aryl methyl sites for hydroxylation is 1. The first-order chi connectivity index (χ1) is 13.9. The highest BCUT2D eigenvalue weighted by molar-refractivity contribution is 5.95. The van der Waals surface area contributed by atoms with Gasteiger partial charge in [0, 0.05) is 0 Å². The van der Waals surface area contributed by atoms with E-state index in [0.29, 0.717) is 23.1 Å². The van der Waals surface area contributed by atoms with E-state index in [1.807, 2.05) is 67.6 Å². The molecule has 1 atom stereocenters. The Morgan fingerprint density at radius 2 is 1.55 bits per heavy atom. The molecular weight excluding hydrogens is 362 g/mol. The van der Waals surface area contributed by atoms with E-state index in [0.717, 1.165) is 16.9 Å². The Bertz CT molecular complexity index is 967. The molecule has 1 N–H and O–H groups in total. The number of rotatable bonds is 7. The molecule has 29 heavy (non-hydrogen) atoms. The van der Waals surface area contributed by atoms with Gasteiger partial charge in [0.15, 0.2) is 11.9 Å². The summed E-state index contributed by atoms with van der Waals surface area (Å²) in [6.07, 6.45) is -0.654. The van der Waals surface area contributed by atoms with Gasteiger partial charge < -0.3 is 14.8 Å². The lowest BCUT2D eigenvalue weighted by Gasteiger charge is -2.20. The Morgan fingerprint density at radius 3 is 2.28 bits per heavy atom. The summed E-state index contributed by atoms with van der Waals surface area (Å²) in [4.78, 5) is 12.8. The molecule has 0 fully saturated rings. The lowest BCUT2D eigenvalue weighted by molar-refractivity contribution is -0.122.